The largest absolute Gasteiger partial charge is 0.376 e. The normalized spacial score (nSPS) is 17.6. The smallest absolute Gasteiger partial charge is 0.273 e. The van der Waals surface area contributed by atoms with Crippen LogP contribution in [0.5, 0.6) is 0 Å². The SMILES string of the molecule is O=C(c1cscn1)N(Cc1cccc(F)c1)C[C@H]1CCCO1. The molecule has 1 fully saturated rings. The summed E-state index contributed by atoms with van der Waals surface area (Å²) >= 11 is 1.39. The van der Waals surface area contributed by atoms with E-state index in [4.69, 9.17) is 4.74 Å². The van der Waals surface area contributed by atoms with Gasteiger partial charge in [-0.1, -0.05) is 12.1 Å². The van der Waals surface area contributed by atoms with Crippen LogP contribution in [0.3, 0.4) is 0 Å². The first-order valence-corrected chi connectivity index (χ1v) is 8.20. The molecular formula is C16H17FN2O2S. The molecule has 0 N–H and O–H groups in total. The highest BCUT2D eigenvalue weighted by molar-refractivity contribution is 7.07. The number of hydrogen-bond acceptors (Lipinski definition) is 4. The van der Waals surface area contributed by atoms with E-state index in [1.54, 1.807) is 21.9 Å². The van der Waals surface area contributed by atoms with Crippen molar-refractivity contribution in [1.82, 2.24) is 9.88 Å². The van der Waals surface area contributed by atoms with Crippen molar-refractivity contribution in [3.63, 3.8) is 0 Å². The van der Waals surface area contributed by atoms with Crippen molar-refractivity contribution < 1.29 is 13.9 Å². The van der Waals surface area contributed by atoms with E-state index in [1.807, 2.05) is 6.07 Å². The van der Waals surface area contributed by atoms with Gasteiger partial charge in [0.2, 0.25) is 0 Å². The van der Waals surface area contributed by atoms with Crippen molar-refractivity contribution in [2.45, 2.75) is 25.5 Å². The van der Waals surface area contributed by atoms with Crippen molar-refractivity contribution in [3.8, 4) is 0 Å². The van der Waals surface area contributed by atoms with Crippen LogP contribution in [0.1, 0.15) is 28.9 Å². The fourth-order valence-corrected chi connectivity index (χ4v) is 3.12. The van der Waals surface area contributed by atoms with E-state index in [2.05, 4.69) is 4.98 Å². The number of amides is 1. The number of aromatic nitrogens is 1. The quantitative estimate of drug-likeness (QED) is 0.850. The second-order valence-corrected chi connectivity index (χ2v) is 6.04. The zero-order chi connectivity index (χ0) is 15.4. The van der Waals surface area contributed by atoms with Gasteiger partial charge in [0, 0.05) is 25.1 Å². The summed E-state index contributed by atoms with van der Waals surface area (Å²) in [5.41, 5.74) is 2.83. The van der Waals surface area contributed by atoms with Crippen molar-refractivity contribution >= 4 is 17.2 Å². The molecule has 0 aliphatic carbocycles. The third kappa shape index (κ3) is 3.69. The van der Waals surface area contributed by atoms with Crippen LogP contribution in [0.25, 0.3) is 0 Å². The Kier molecular flexibility index (Phi) is 4.80. The average Bonchev–Trinajstić information content (AvgIpc) is 3.19. The number of carbonyl (C=O) groups excluding carboxylic acids is 1. The minimum atomic E-state index is -0.296. The first kappa shape index (κ1) is 15.1. The summed E-state index contributed by atoms with van der Waals surface area (Å²) in [5.74, 6) is -0.434. The van der Waals surface area contributed by atoms with Crippen LogP contribution in [0.15, 0.2) is 35.2 Å². The van der Waals surface area contributed by atoms with Crippen molar-refractivity contribution in [2.75, 3.05) is 13.2 Å². The molecule has 0 unspecified atom stereocenters. The molecule has 0 radical (unpaired) electrons. The van der Waals surface area contributed by atoms with Crippen LogP contribution in [0.2, 0.25) is 0 Å². The third-order valence-corrected chi connectivity index (χ3v) is 4.24. The Bertz CT molecular complexity index is 627. The first-order chi connectivity index (χ1) is 10.7. The van der Waals surface area contributed by atoms with Gasteiger partial charge in [-0.2, -0.15) is 0 Å². The monoisotopic (exact) mass is 320 g/mol. The highest BCUT2D eigenvalue weighted by Gasteiger charge is 2.24. The molecule has 1 aliphatic heterocycles. The first-order valence-electron chi connectivity index (χ1n) is 7.26. The Morgan fingerprint density at radius 3 is 3.09 bits per heavy atom. The van der Waals surface area contributed by atoms with Gasteiger partial charge in [-0.15, -0.1) is 11.3 Å². The molecule has 1 amide bonds. The molecule has 0 bridgehead atoms. The average molecular weight is 320 g/mol. The number of ether oxygens (including phenoxy) is 1. The van der Waals surface area contributed by atoms with Gasteiger partial charge in [-0.25, -0.2) is 9.37 Å². The molecule has 1 atom stereocenters. The molecule has 1 aromatic heterocycles. The lowest BCUT2D eigenvalue weighted by Gasteiger charge is -2.25. The van der Waals surface area contributed by atoms with E-state index in [-0.39, 0.29) is 17.8 Å². The lowest BCUT2D eigenvalue weighted by atomic mass is 10.1. The summed E-state index contributed by atoms with van der Waals surface area (Å²) in [6.45, 7) is 1.60. The number of rotatable bonds is 5. The van der Waals surface area contributed by atoms with E-state index in [1.165, 1.54) is 23.5 Å². The molecule has 2 aromatic rings. The van der Waals surface area contributed by atoms with Crippen LogP contribution >= 0.6 is 11.3 Å². The molecule has 3 rings (SSSR count). The maximum absolute atomic E-state index is 13.4. The van der Waals surface area contributed by atoms with Gasteiger partial charge >= 0.3 is 0 Å². The van der Waals surface area contributed by atoms with Gasteiger partial charge in [0.1, 0.15) is 11.5 Å². The Balaban J connectivity index is 1.77. The molecule has 0 saturated carbocycles. The zero-order valence-corrected chi connectivity index (χ0v) is 12.9. The lowest BCUT2D eigenvalue weighted by molar-refractivity contribution is 0.0503. The zero-order valence-electron chi connectivity index (χ0n) is 12.1. The standard InChI is InChI=1S/C16H17FN2O2S/c17-13-4-1-3-12(7-13)8-19(9-14-5-2-6-21-14)16(20)15-10-22-11-18-15/h1,3-4,7,10-11,14H,2,5-6,8-9H2/t14-/m1/s1. The summed E-state index contributed by atoms with van der Waals surface area (Å²) < 4.78 is 19.0. The number of halogens is 1. The van der Waals surface area contributed by atoms with Crippen molar-refractivity contribution in [1.29, 1.82) is 0 Å². The van der Waals surface area contributed by atoms with E-state index >= 15 is 0 Å². The van der Waals surface area contributed by atoms with Crippen LogP contribution in [-0.2, 0) is 11.3 Å². The predicted molar refractivity (Wildman–Crippen MR) is 82.2 cm³/mol. The van der Waals surface area contributed by atoms with E-state index in [9.17, 15) is 9.18 Å². The summed E-state index contributed by atoms with van der Waals surface area (Å²) in [5, 5.41) is 1.73. The topological polar surface area (TPSA) is 42.4 Å². The molecule has 22 heavy (non-hydrogen) atoms. The van der Waals surface area contributed by atoms with Crippen LogP contribution in [0.4, 0.5) is 4.39 Å². The summed E-state index contributed by atoms with van der Waals surface area (Å²) in [6, 6.07) is 6.33. The molecule has 116 valence electrons. The Hall–Kier alpha value is -1.79. The van der Waals surface area contributed by atoms with Gasteiger partial charge in [0.25, 0.3) is 5.91 Å². The van der Waals surface area contributed by atoms with Gasteiger partial charge in [-0.05, 0) is 30.5 Å². The number of nitrogens with zero attached hydrogens (tertiary/aromatic N) is 2. The van der Waals surface area contributed by atoms with Gasteiger partial charge in [0.15, 0.2) is 0 Å². The molecule has 4 nitrogen and oxygen atoms in total. The lowest BCUT2D eigenvalue weighted by Crippen LogP contribution is -2.37. The molecule has 1 aromatic carbocycles. The maximum atomic E-state index is 13.4. The van der Waals surface area contributed by atoms with Crippen molar-refractivity contribution in [3.05, 3.63) is 52.2 Å². The Morgan fingerprint density at radius 2 is 2.41 bits per heavy atom. The minimum Gasteiger partial charge on any atom is -0.376 e. The number of hydrogen-bond donors (Lipinski definition) is 0. The molecule has 6 heteroatoms. The fraction of sp³-hybridized carbons (Fsp3) is 0.375. The third-order valence-electron chi connectivity index (χ3n) is 3.65. The Labute approximate surface area is 132 Å². The summed E-state index contributed by atoms with van der Waals surface area (Å²) in [4.78, 5) is 18.4. The number of carbonyl (C=O) groups is 1. The second kappa shape index (κ2) is 6.98. The molecule has 2 heterocycles. The van der Waals surface area contributed by atoms with E-state index in [0.29, 0.717) is 18.8 Å². The minimum absolute atomic E-state index is 0.0520. The number of thiazole rings is 1. The fourth-order valence-electron chi connectivity index (χ4n) is 2.59. The maximum Gasteiger partial charge on any atom is 0.273 e. The summed E-state index contributed by atoms with van der Waals surface area (Å²) in [7, 11) is 0. The van der Waals surface area contributed by atoms with Gasteiger partial charge in [-0.3, -0.25) is 4.79 Å². The Morgan fingerprint density at radius 1 is 1.50 bits per heavy atom. The highest BCUT2D eigenvalue weighted by atomic mass is 32.1. The number of benzene rings is 1. The van der Waals surface area contributed by atoms with E-state index < -0.39 is 0 Å². The van der Waals surface area contributed by atoms with Gasteiger partial charge in [0.05, 0.1) is 11.6 Å². The van der Waals surface area contributed by atoms with Crippen LogP contribution in [-0.4, -0.2) is 35.0 Å². The van der Waals surface area contributed by atoms with Crippen LogP contribution < -0.4 is 0 Å². The molecular weight excluding hydrogens is 303 g/mol. The second-order valence-electron chi connectivity index (χ2n) is 5.32. The summed E-state index contributed by atoms with van der Waals surface area (Å²) in [6.07, 6.45) is 2.02. The molecule has 0 spiro atoms. The van der Waals surface area contributed by atoms with E-state index in [0.717, 1.165) is 25.0 Å². The van der Waals surface area contributed by atoms with Crippen molar-refractivity contribution in [2.24, 2.45) is 0 Å². The molecule has 1 aliphatic rings. The highest BCUT2D eigenvalue weighted by Crippen LogP contribution is 2.17. The van der Waals surface area contributed by atoms with Crippen LogP contribution in [0, 0.1) is 5.82 Å². The van der Waals surface area contributed by atoms with Gasteiger partial charge < -0.3 is 9.64 Å². The molecule has 1 saturated heterocycles. The predicted octanol–water partition coefficient (Wildman–Crippen LogP) is 3.10.